The van der Waals surface area contributed by atoms with Crippen LogP contribution in [0, 0.1) is 5.82 Å². The van der Waals surface area contributed by atoms with Gasteiger partial charge in [-0.25, -0.2) is 19.3 Å². The summed E-state index contributed by atoms with van der Waals surface area (Å²) in [6.45, 7) is 1.22. The zero-order valence-electron chi connectivity index (χ0n) is 20.3. The van der Waals surface area contributed by atoms with Crippen LogP contribution in [-0.4, -0.2) is 51.0 Å². The summed E-state index contributed by atoms with van der Waals surface area (Å²) in [6.07, 6.45) is 2.11. The highest BCUT2D eigenvalue weighted by Gasteiger charge is 2.32. The molecule has 198 valence electrons. The Morgan fingerprint density at radius 1 is 1.13 bits per heavy atom. The average Bonchev–Trinajstić information content (AvgIpc) is 3.40. The van der Waals surface area contributed by atoms with E-state index in [1.165, 1.54) is 31.6 Å². The van der Waals surface area contributed by atoms with Crippen molar-refractivity contribution in [3.8, 4) is 28.3 Å². The number of halogens is 4. The number of methoxy groups -OCH3 is 1. The van der Waals surface area contributed by atoms with Gasteiger partial charge in [0.05, 0.1) is 18.9 Å². The second-order valence-electron chi connectivity index (χ2n) is 8.78. The lowest BCUT2D eigenvalue weighted by Crippen LogP contribution is -2.43. The van der Waals surface area contributed by atoms with Crippen molar-refractivity contribution >= 4 is 17.3 Å². The number of pyridine rings is 1. The van der Waals surface area contributed by atoms with Crippen LogP contribution in [0.15, 0.2) is 55.1 Å². The van der Waals surface area contributed by atoms with Crippen molar-refractivity contribution in [2.45, 2.75) is 25.2 Å². The van der Waals surface area contributed by atoms with Crippen molar-refractivity contribution < 1.29 is 22.3 Å². The van der Waals surface area contributed by atoms with Crippen molar-refractivity contribution in [1.82, 2.24) is 24.7 Å². The number of nitrogens with zero attached hydrogens (tertiary/aromatic N) is 6. The molecule has 13 heteroatoms. The maximum atomic E-state index is 14.6. The monoisotopic (exact) mass is 528 g/mol. The molecule has 3 N–H and O–H groups in total. The first kappa shape index (κ1) is 25.4. The molecule has 3 aromatic heterocycles. The van der Waals surface area contributed by atoms with Gasteiger partial charge in [-0.15, -0.1) is 13.2 Å². The Hall–Kier alpha value is -4.26. The van der Waals surface area contributed by atoms with Gasteiger partial charge >= 0.3 is 6.30 Å². The molecule has 1 aliphatic rings. The van der Waals surface area contributed by atoms with Crippen LogP contribution in [0.2, 0.25) is 0 Å². The number of benzene rings is 1. The minimum absolute atomic E-state index is 0.0420. The van der Waals surface area contributed by atoms with Gasteiger partial charge in [-0.1, -0.05) is 6.07 Å². The van der Waals surface area contributed by atoms with Gasteiger partial charge in [0.25, 0.3) is 0 Å². The van der Waals surface area contributed by atoms with Crippen LogP contribution < -0.4 is 20.7 Å². The fourth-order valence-corrected chi connectivity index (χ4v) is 4.40. The third kappa shape index (κ3) is 5.23. The summed E-state index contributed by atoms with van der Waals surface area (Å²) in [5.74, 6) is 0.589. The van der Waals surface area contributed by atoms with Crippen molar-refractivity contribution in [1.29, 1.82) is 0 Å². The smallest absolute Gasteiger partial charge is 0.496 e. The minimum Gasteiger partial charge on any atom is -0.496 e. The number of hydrogen-bond acceptors (Lipinski definition) is 8. The Bertz CT molecular complexity index is 1440. The molecule has 1 atom stereocenters. The van der Waals surface area contributed by atoms with Crippen molar-refractivity contribution in [2.75, 3.05) is 30.4 Å². The molecule has 1 saturated heterocycles. The van der Waals surface area contributed by atoms with E-state index in [2.05, 4.69) is 25.4 Å². The molecule has 1 aromatic carbocycles. The number of alkyl halides is 3. The van der Waals surface area contributed by atoms with E-state index in [1.807, 2.05) is 4.90 Å². The predicted octanol–water partition coefficient (Wildman–Crippen LogP) is 4.70. The summed E-state index contributed by atoms with van der Waals surface area (Å²) < 4.78 is 59.3. The lowest BCUT2D eigenvalue weighted by atomic mass is 10.0. The summed E-state index contributed by atoms with van der Waals surface area (Å²) >= 11 is 0. The van der Waals surface area contributed by atoms with Crippen molar-refractivity contribution in [3.63, 3.8) is 0 Å². The predicted molar refractivity (Wildman–Crippen MR) is 133 cm³/mol. The van der Waals surface area contributed by atoms with Crippen molar-refractivity contribution in [2.24, 2.45) is 5.73 Å². The topological polar surface area (TPSA) is 107 Å². The number of rotatable bonds is 6. The maximum Gasteiger partial charge on any atom is 0.504 e. The van der Waals surface area contributed by atoms with Gasteiger partial charge < -0.3 is 20.7 Å². The van der Waals surface area contributed by atoms with Crippen molar-refractivity contribution in [3.05, 3.63) is 60.9 Å². The zero-order chi connectivity index (χ0) is 26.9. The van der Waals surface area contributed by atoms with Gasteiger partial charge in [-0.05, 0) is 31.0 Å². The first-order valence-electron chi connectivity index (χ1n) is 11.8. The molecule has 0 spiro atoms. The molecule has 0 bridgehead atoms. The summed E-state index contributed by atoms with van der Waals surface area (Å²) in [7, 11) is 1.43. The molecule has 1 aliphatic heterocycles. The molecule has 4 heterocycles. The molecule has 4 aromatic rings. The van der Waals surface area contributed by atoms with E-state index < -0.39 is 12.1 Å². The van der Waals surface area contributed by atoms with E-state index in [0.29, 0.717) is 36.0 Å². The largest absolute Gasteiger partial charge is 0.504 e. The summed E-state index contributed by atoms with van der Waals surface area (Å²) in [5, 5.41) is 6.55. The number of piperidine rings is 1. The molecular formula is C25H24F4N8O. The van der Waals surface area contributed by atoms with Crippen LogP contribution in [0.5, 0.6) is 5.75 Å². The summed E-state index contributed by atoms with van der Waals surface area (Å²) in [4.78, 5) is 15.0. The normalized spacial score (nSPS) is 15.9. The van der Waals surface area contributed by atoms with Gasteiger partial charge in [0.15, 0.2) is 5.82 Å². The van der Waals surface area contributed by atoms with E-state index in [1.54, 1.807) is 18.2 Å². The molecular weight excluding hydrogens is 504 g/mol. The molecule has 1 fully saturated rings. The van der Waals surface area contributed by atoms with Crippen LogP contribution in [0.1, 0.15) is 12.8 Å². The first-order chi connectivity index (χ1) is 18.2. The molecule has 0 unspecified atom stereocenters. The third-order valence-electron chi connectivity index (χ3n) is 6.16. The summed E-state index contributed by atoms with van der Waals surface area (Å²) in [6, 6.07) is 7.67. The third-order valence-corrected chi connectivity index (χ3v) is 6.16. The Balaban J connectivity index is 1.50. The van der Waals surface area contributed by atoms with Gasteiger partial charge in [0.2, 0.25) is 0 Å². The van der Waals surface area contributed by atoms with E-state index in [9.17, 15) is 17.6 Å². The van der Waals surface area contributed by atoms with Crippen LogP contribution in [0.3, 0.4) is 0 Å². The number of aromatic nitrogens is 5. The molecule has 0 amide bonds. The second kappa shape index (κ2) is 10.2. The minimum atomic E-state index is -4.63. The number of anilines is 3. The highest BCUT2D eigenvalue weighted by molar-refractivity contribution is 5.80. The van der Waals surface area contributed by atoms with Gasteiger partial charge in [0.1, 0.15) is 23.2 Å². The van der Waals surface area contributed by atoms with E-state index in [4.69, 9.17) is 10.5 Å². The Kier molecular flexibility index (Phi) is 6.85. The molecule has 5 rings (SSSR count). The SMILES string of the molecule is COc1cccc(F)c1-c1nccc(Nc2cc(N3CCC[C@H](N)C3)c(-c3cnn(C(F)(F)F)c3)cn2)n1. The van der Waals surface area contributed by atoms with Crippen LogP contribution in [-0.2, 0) is 6.30 Å². The van der Waals surface area contributed by atoms with Crippen LogP contribution in [0.25, 0.3) is 22.5 Å². The fraction of sp³-hybridized carbons (Fsp3) is 0.280. The van der Waals surface area contributed by atoms with Crippen LogP contribution >= 0.6 is 0 Å². The van der Waals surface area contributed by atoms with Gasteiger partial charge in [-0.3, -0.25) is 0 Å². The lowest BCUT2D eigenvalue weighted by molar-refractivity contribution is -0.212. The van der Waals surface area contributed by atoms with Gasteiger partial charge in [0, 0.05) is 60.6 Å². The Labute approximate surface area is 215 Å². The van der Waals surface area contributed by atoms with E-state index >= 15 is 0 Å². The highest BCUT2D eigenvalue weighted by atomic mass is 19.4. The Morgan fingerprint density at radius 2 is 1.97 bits per heavy atom. The molecule has 9 nitrogen and oxygen atoms in total. The molecule has 0 saturated carbocycles. The number of nitrogens with one attached hydrogen (secondary N) is 1. The molecule has 38 heavy (non-hydrogen) atoms. The maximum absolute atomic E-state index is 14.6. The zero-order valence-corrected chi connectivity index (χ0v) is 20.3. The molecule has 0 radical (unpaired) electrons. The average molecular weight is 529 g/mol. The quantitative estimate of drug-likeness (QED) is 0.347. The Morgan fingerprint density at radius 3 is 2.71 bits per heavy atom. The van der Waals surface area contributed by atoms with E-state index in [0.717, 1.165) is 25.2 Å². The standard InChI is InChI=1S/C25H24F4N8O/c1-38-20-6-2-5-18(26)23(20)24-31-8-7-21(35-24)34-22-10-19(36-9-3-4-16(30)14-36)17(12-32-22)15-11-33-37(13-15)25(27,28)29/h2,5-8,10-13,16H,3-4,9,14,30H2,1H3,(H,31,32,34,35)/t16-/m0/s1. The lowest BCUT2D eigenvalue weighted by Gasteiger charge is -2.34. The fourth-order valence-electron chi connectivity index (χ4n) is 4.40. The highest BCUT2D eigenvalue weighted by Crippen LogP contribution is 2.36. The first-order valence-corrected chi connectivity index (χ1v) is 11.8. The number of nitrogens with two attached hydrogens (primary N) is 1. The number of ether oxygens (including phenoxy) is 1. The number of hydrogen-bond donors (Lipinski definition) is 2. The summed E-state index contributed by atoms with van der Waals surface area (Å²) in [5.41, 5.74) is 7.72. The van der Waals surface area contributed by atoms with Gasteiger partial charge in [-0.2, -0.15) is 9.78 Å². The second-order valence-corrected chi connectivity index (χ2v) is 8.78. The van der Waals surface area contributed by atoms with Crippen LogP contribution in [0.4, 0.5) is 34.9 Å². The molecule has 0 aliphatic carbocycles. The van der Waals surface area contributed by atoms with E-state index in [-0.39, 0.29) is 33.4 Å².